The molecular formula is H10Al2Ca2Fe2O9Si3. The summed E-state index contributed by atoms with van der Waals surface area (Å²) in [5, 5.41) is 0. The molecule has 0 fully saturated rings. The van der Waals surface area contributed by atoms with E-state index in [1.54, 1.807) is 0 Å². The monoisotopic (exact) mass is 484 g/mol. The molecule has 0 saturated heterocycles. The van der Waals surface area contributed by atoms with Crippen molar-refractivity contribution in [2.24, 2.45) is 0 Å². The largest absolute Gasteiger partial charge is 3.00 e. The Morgan fingerprint density at radius 1 is 0.500 bits per heavy atom. The van der Waals surface area contributed by atoms with Crippen molar-refractivity contribution in [3.05, 3.63) is 0 Å². The van der Waals surface area contributed by atoms with E-state index >= 15 is 0 Å². The Balaban J connectivity index is -0.00000000827. The third-order valence-electron chi connectivity index (χ3n) is 0. The zero-order valence-electron chi connectivity index (χ0n) is 5.88. The zero-order valence-corrected chi connectivity index (χ0v) is 11.1. The van der Waals surface area contributed by atoms with Gasteiger partial charge in [0.25, 0.3) is 0 Å². The van der Waals surface area contributed by atoms with Gasteiger partial charge in [0.1, 0.15) is 0 Å². The van der Waals surface area contributed by atoms with Crippen LogP contribution >= 0.6 is 0 Å². The molecule has 0 aliphatic heterocycles. The SMILES string of the molecule is O=[Si]([O-])[O-].O=[Si]([O-])[O-].O=[Si]([O-])[O-].[AlH3].[AlH3].[CaH2].[CaH2].[Fe+3].[Fe+3]. The standard InChI is InChI=1S/2Al.2Ca.2Fe.3O3Si.10H/c;;;;;;3*1-4(2)3;;;;;;;;;;/q;;;;2*+3;3*-2;;;;;;;;;;. The van der Waals surface area contributed by atoms with E-state index in [0.717, 1.165) is 0 Å². The molecule has 0 unspecified atom stereocenters. The zero-order chi connectivity index (χ0) is 10.7. The summed E-state index contributed by atoms with van der Waals surface area (Å²) in [5.41, 5.74) is 0. The molecule has 2 radical (unpaired) electrons. The van der Waals surface area contributed by atoms with Gasteiger partial charge in [0.15, 0.2) is 34.7 Å². The minimum Gasteiger partial charge on any atom is 3.00 e. The van der Waals surface area contributed by atoms with Gasteiger partial charge in [0, 0.05) is 27.5 Å². The fourth-order valence-electron chi connectivity index (χ4n) is 0. The predicted molar refractivity (Wildman–Crippen MR) is 56.3 cm³/mol. The van der Waals surface area contributed by atoms with Crippen molar-refractivity contribution >= 4 is 138 Å². The molecule has 18 heteroatoms. The third kappa shape index (κ3) is 551. The molecular weight excluding hydrogens is 474 g/mol. The second-order valence-electron chi connectivity index (χ2n) is 0.750. The first-order chi connectivity index (χ1) is 5.20. The maximum Gasteiger partial charge on any atom is 3.00 e. The first-order valence-corrected chi connectivity index (χ1v) is 5.51. The Labute approximate surface area is 210 Å². The minimum atomic E-state index is -3.63. The Hall–Kier alpha value is 3.47. The fourth-order valence-corrected chi connectivity index (χ4v) is 0. The summed E-state index contributed by atoms with van der Waals surface area (Å²) in [7, 11) is -10.9. The van der Waals surface area contributed by atoms with E-state index in [1.807, 2.05) is 0 Å². The molecule has 0 spiro atoms. The predicted octanol–water partition coefficient (Wildman–Crippen LogP) is -12.8. The van der Waals surface area contributed by atoms with Crippen molar-refractivity contribution < 1.29 is 76.3 Å². The summed E-state index contributed by atoms with van der Waals surface area (Å²) in [6.45, 7) is 0. The van der Waals surface area contributed by atoms with E-state index < -0.39 is 27.5 Å². The smallest absolute Gasteiger partial charge is 3.00 e. The number of rotatable bonds is 0. The molecule has 0 rings (SSSR count). The normalized spacial score (nSPS) is 4.00. The molecule has 0 saturated carbocycles. The Morgan fingerprint density at radius 3 is 0.500 bits per heavy atom. The van der Waals surface area contributed by atoms with Crippen LogP contribution in [-0.4, -0.2) is 138 Å². The van der Waals surface area contributed by atoms with Crippen molar-refractivity contribution in [2.45, 2.75) is 0 Å². The van der Waals surface area contributed by atoms with Gasteiger partial charge in [0.05, 0.1) is 0 Å². The van der Waals surface area contributed by atoms with Crippen LogP contribution in [0.2, 0.25) is 0 Å². The summed E-state index contributed by atoms with van der Waals surface area (Å²) in [5.74, 6) is 0. The number of hydrogen-bond donors (Lipinski definition) is 0. The van der Waals surface area contributed by atoms with Gasteiger partial charge in [-0.3, -0.25) is 0 Å². The van der Waals surface area contributed by atoms with Gasteiger partial charge in [-0.25, -0.2) is 0 Å². The van der Waals surface area contributed by atoms with E-state index in [-0.39, 0.29) is 144 Å². The molecule has 0 aromatic heterocycles. The van der Waals surface area contributed by atoms with Crippen molar-refractivity contribution in [1.29, 1.82) is 0 Å². The minimum absolute atomic E-state index is 0. The summed E-state index contributed by atoms with van der Waals surface area (Å²) >= 11 is 0. The molecule has 0 aliphatic rings. The van der Waals surface area contributed by atoms with Crippen LogP contribution in [0.5, 0.6) is 0 Å². The maximum atomic E-state index is 8.52. The fraction of sp³-hybridized carbons (Fsp3) is 0. The third-order valence-corrected chi connectivity index (χ3v) is 0. The molecule has 0 aliphatic carbocycles. The molecule has 0 aromatic carbocycles. The van der Waals surface area contributed by atoms with Crippen molar-refractivity contribution in [3.63, 3.8) is 0 Å². The van der Waals surface area contributed by atoms with Crippen LogP contribution in [0.25, 0.3) is 0 Å². The molecule has 18 heavy (non-hydrogen) atoms. The molecule has 9 nitrogen and oxygen atoms in total. The van der Waals surface area contributed by atoms with Gasteiger partial charge in [0.2, 0.25) is 0 Å². The quantitative estimate of drug-likeness (QED) is 0.301. The Morgan fingerprint density at radius 2 is 0.500 bits per heavy atom. The Bertz CT molecular complexity index is 133. The van der Waals surface area contributed by atoms with Crippen molar-refractivity contribution in [3.8, 4) is 0 Å². The van der Waals surface area contributed by atoms with Gasteiger partial charge >= 0.3 is 110 Å². The van der Waals surface area contributed by atoms with Gasteiger partial charge < -0.3 is 42.2 Å². The average Bonchev–Trinajstić information content (AvgIpc) is 1.54. The van der Waals surface area contributed by atoms with Gasteiger partial charge in [-0.15, -0.1) is 0 Å². The van der Waals surface area contributed by atoms with Crippen LogP contribution in [0.3, 0.4) is 0 Å². The average molecular weight is 484 g/mol. The van der Waals surface area contributed by atoms with Crippen LogP contribution in [0.1, 0.15) is 0 Å². The molecule has 102 valence electrons. The molecule has 0 aromatic rings. The first kappa shape index (κ1) is 57.9. The topological polar surface area (TPSA) is 190 Å². The summed E-state index contributed by atoms with van der Waals surface area (Å²) in [6.07, 6.45) is 0. The van der Waals surface area contributed by atoms with Gasteiger partial charge in [-0.1, -0.05) is 0 Å². The molecule has 0 atom stereocenters. The first-order valence-electron chi connectivity index (χ1n) is 1.84. The van der Waals surface area contributed by atoms with E-state index in [2.05, 4.69) is 0 Å². The molecule has 0 heterocycles. The second kappa shape index (κ2) is 49.9. The summed E-state index contributed by atoms with van der Waals surface area (Å²) in [4.78, 5) is 51.1. The van der Waals surface area contributed by atoms with Crippen LogP contribution in [-0.2, 0) is 47.5 Å². The van der Waals surface area contributed by atoms with E-state index in [9.17, 15) is 0 Å². The van der Waals surface area contributed by atoms with Crippen molar-refractivity contribution in [2.75, 3.05) is 0 Å². The summed E-state index contributed by atoms with van der Waals surface area (Å²) < 4.78 is 25.6. The van der Waals surface area contributed by atoms with Crippen LogP contribution in [0, 0.1) is 0 Å². The van der Waals surface area contributed by atoms with Crippen LogP contribution < -0.4 is 28.8 Å². The van der Waals surface area contributed by atoms with Crippen LogP contribution in [0.15, 0.2) is 0 Å². The maximum absolute atomic E-state index is 8.52. The second-order valence-corrected chi connectivity index (χ2v) is 2.25. The summed E-state index contributed by atoms with van der Waals surface area (Å²) in [6, 6.07) is 0. The Kier molecular flexibility index (Phi) is 160. The number of hydrogen-bond acceptors (Lipinski definition) is 9. The molecule has 0 amide bonds. The molecule has 0 bridgehead atoms. The van der Waals surface area contributed by atoms with E-state index in [4.69, 9.17) is 42.2 Å². The van der Waals surface area contributed by atoms with Crippen LogP contribution in [0.4, 0.5) is 0 Å². The van der Waals surface area contributed by atoms with E-state index in [1.165, 1.54) is 0 Å². The van der Waals surface area contributed by atoms with E-state index in [0.29, 0.717) is 0 Å². The molecule has 0 N–H and O–H groups in total. The van der Waals surface area contributed by atoms with Gasteiger partial charge in [-0.2, -0.15) is 0 Å². The van der Waals surface area contributed by atoms with Gasteiger partial charge in [-0.05, 0) is 0 Å². The van der Waals surface area contributed by atoms with Crippen molar-refractivity contribution in [1.82, 2.24) is 0 Å².